The number of carbonyl (C=O) groups is 2. The maximum absolute atomic E-state index is 11.6. The van der Waals surface area contributed by atoms with Crippen molar-refractivity contribution < 1.29 is 14.7 Å². The first-order valence-corrected chi connectivity index (χ1v) is 8.54. The number of thiophene rings is 1. The molecule has 0 unspecified atom stereocenters. The van der Waals surface area contributed by atoms with Crippen molar-refractivity contribution in [3.8, 4) is 0 Å². The maximum atomic E-state index is 11.6. The fourth-order valence-electron chi connectivity index (χ4n) is 1.40. The van der Waals surface area contributed by atoms with Crippen LogP contribution in [-0.2, 0) is 4.79 Å². The Hall–Kier alpha value is -1.05. The number of aliphatic hydroxyl groups is 1. The van der Waals surface area contributed by atoms with E-state index in [4.69, 9.17) is 5.11 Å². The number of thioether (sulfide) groups is 1. The summed E-state index contributed by atoms with van der Waals surface area (Å²) in [6.45, 7) is 1.18. The molecule has 0 aromatic carbocycles. The molecular weight excluding hydrogens is 296 g/mol. The molecule has 0 spiro atoms. The Labute approximate surface area is 127 Å². The van der Waals surface area contributed by atoms with Gasteiger partial charge in [0.25, 0.3) is 5.91 Å². The van der Waals surface area contributed by atoms with Gasteiger partial charge in [-0.15, -0.1) is 11.3 Å². The van der Waals surface area contributed by atoms with Gasteiger partial charge in [-0.05, 0) is 23.6 Å². The third-order valence-electron chi connectivity index (χ3n) is 2.40. The van der Waals surface area contributed by atoms with Crippen LogP contribution in [0.5, 0.6) is 0 Å². The molecule has 112 valence electrons. The monoisotopic (exact) mass is 316 g/mol. The number of rotatable bonds is 10. The summed E-state index contributed by atoms with van der Waals surface area (Å²) in [5.74, 6) is 1.56. The molecule has 7 heteroatoms. The molecule has 0 bridgehead atoms. The number of nitrogens with one attached hydrogen (secondary N) is 2. The molecule has 0 saturated heterocycles. The van der Waals surface area contributed by atoms with E-state index in [1.807, 2.05) is 11.4 Å². The van der Waals surface area contributed by atoms with E-state index in [-0.39, 0.29) is 18.4 Å². The lowest BCUT2D eigenvalue weighted by Gasteiger charge is -2.06. The molecule has 0 saturated carbocycles. The van der Waals surface area contributed by atoms with E-state index < -0.39 is 0 Å². The fourth-order valence-corrected chi connectivity index (χ4v) is 2.83. The number of aliphatic hydroxyl groups excluding tert-OH is 1. The number of hydrogen-bond donors (Lipinski definition) is 3. The largest absolute Gasteiger partial charge is 0.396 e. The Bertz CT molecular complexity index is 396. The molecule has 1 heterocycles. The van der Waals surface area contributed by atoms with Gasteiger partial charge in [-0.1, -0.05) is 6.07 Å². The van der Waals surface area contributed by atoms with Crippen molar-refractivity contribution in [3.05, 3.63) is 22.4 Å². The smallest absolute Gasteiger partial charge is 0.261 e. The van der Waals surface area contributed by atoms with Gasteiger partial charge in [0.1, 0.15) is 0 Å². The van der Waals surface area contributed by atoms with E-state index in [0.717, 1.165) is 17.9 Å². The average Bonchev–Trinajstić information content (AvgIpc) is 2.96. The van der Waals surface area contributed by atoms with Crippen LogP contribution in [0.2, 0.25) is 0 Å². The van der Waals surface area contributed by atoms with Crippen molar-refractivity contribution in [2.24, 2.45) is 0 Å². The van der Waals surface area contributed by atoms with Crippen LogP contribution in [0.15, 0.2) is 17.5 Å². The first kappa shape index (κ1) is 17.0. The highest BCUT2D eigenvalue weighted by molar-refractivity contribution is 7.99. The normalized spacial score (nSPS) is 10.2. The topological polar surface area (TPSA) is 78.4 Å². The van der Waals surface area contributed by atoms with E-state index >= 15 is 0 Å². The Morgan fingerprint density at radius 3 is 2.80 bits per heavy atom. The van der Waals surface area contributed by atoms with E-state index in [1.165, 1.54) is 11.3 Å². The van der Waals surface area contributed by atoms with Crippen LogP contribution in [0.1, 0.15) is 22.5 Å². The van der Waals surface area contributed by atoms with E-state index in [9.17, 15) is 9.59 Å². The lowest BCUT2D eigenvalue weighted by molar-refractivity contribution is -0.120. The van der Waals surface area contributed by atoms with Gasteiger partial charge >= 0.3 is 0 Å². The predicted molar refractivity (Wildman–Crippen MR) is 83.3 cm³/mol. The Kier molecular flexibility index (Phi) is 9.10. The predicted octanol–water partition coefficient (Wildman–Crippen LogP) is 1.10. The molecule has 20 heavy (non-hydrogen) atoms. The molecule has 0 aliphatic carbocycles. The van der Waals surface area contributed by atoms with Crippen LogP contribution in [-0.4, -0.2) is 48.1 Å². The SMILES string of the molecule is O=C(CCNC(=O)c1cccs1)NCCSCCCO. The van der Waals surface area contributed by atoms with Crippen molar-refractivity contribution in [1.29, 1.82) is 0 Å². The van der Waals surface area contributed by atoms with Crippen LogP contribution < -0.4 is 10.6 Å². The van der Waals surface area contributed by atoms with Gasteiger partial charge in [-0.2, -0.15) is 11.8 Å². The standard InChI is InChI=1S/C13H20N2O3S2/c16-7-2-8-19-10-6-14-12(17)4-5-15-13(18)11-3-1-9-20-11/h1,3,9,16H,2,4-8,10H2,(H,14,17)(H,15,18). The average molecular weight is 316 g/mol. The van der Waals surface area contributed by atoms with Crippen LogP contribution in [0.3, 0.4) is 0 Å². The summed E-state index contributed by atoms with van der Waals surface area (Å²) in [5.41, 5.74) is 0. The summed E-state index contributed by atoms with van der Waals surface area (Å²) in [6.07, 6.45) is 1.08. The van der Waals surface area contributed by atoms with Crippen LogP contribution in [0, 0.1) is 0 Å². The Balaban J connectivity index is 1.99. The molecule has 1 aromatic rings. The Morgan fingerprint density at radius 2 is 2.10 bits per heavy atom. The second kappa shape index (κ2) is 10.7. The molecule has 0 atom stereocenters. The van der Waals surface area contributed by atoms with Crippen molar-refractivity contribution in [2.75, 3.05) is 31.2 Å². The lowest BCUT2D eigenvalue weighted by atomic mass is 10.3. The molecule has 0 radical (unpaired) electrons. The summed E-state index contributed by atoms with van der Waals surface area (Å²) >= 11 is 3.08. The van der Waals surface area contributed by atoms with Gasteiger partial charge in [-0.3, -0.25) is 9.59 Å². The number of carbonyl (C=O) groups excluding carboxylic acids is 2. The summed E-state index contributed by atoms with van der Waals surface area (Å²) in [7, 11) is 0. The molecule has 1 aromatic heterocycles. The minimum absolute atomic E-state index is 0.0563. The summed E-state index contributed by atoms with van der Waals surface area (Å²) in [5, 5.41) is 16.0. The number of hydrogen-bond acceptors (Lipinski definition) is 5. The van der Waals surface area contributed by atoms with Gasteiger partial charge in [0.2, 0.25) is 5.91 Å². The molecule has 5 nitrogen and oxygen atoms in total. The molecule has 0 aliphatic heterocycles. The molecule has 2 amide bonds. The van der Waals surface area contributed by atoms with Gasteiger partial charge in [-0.25, -0.2) is 0 Å². The van der Waals surface area contributed by atoms with E-state index in [0.29, 0.717) is 24.4 Å². The minimum Gasteiger partial charge on any atom is -0.396 e. The molecule has 3 N–H and O–H groups in total. The zero-order valence-electron chi connectivity index (χ0n) is 11.3. The van der Waals surface area contributed by atoms with E-state index in [2.05, 4.69) is 10.6 Å². The first-order chi connectivity index (χ1) is 9.74. The van der Waals surface area contributed by atoms with Crippen LogP contribution in [0.4, 0.5) is 0 Å². The first-order valence-electron chi connectivity index (χ1n) is 6.51. The van der Waals surface area contributed by atoms with Crippen molar-refractivity contribution >= 4 is 34.9 Å². The number of amides is 2. The van der Waals surface area contributed by atoms with Crippen LogP contribution in [0.25, 0.3) is 0 Å². The van der Waals surface area contributed by atoms with E-state index in [1.54, 1.807) is 17.8 Å². The zero-order valence-corrected chi connectivity index (χ0v) is 12.9. The molecular formula is C13H20N2O3S2. The third kappa shape index (κ3) is 7.52. The lowest BCUT2D eigenvalue weighted by Crippen LogP contribution is -2.31. The Morgan fingerprint density at radius 1 is 1.25 bits per heavy atom. The molecule has 1 rings (SSSR count). The van der Waals surface area contributed by atoms with Crippen molar-refractivity contribution in [1.82, 2.24) is 10.6 Å². The zero-order chi connectivity index (χ0) is 14.6. The summed E-state index contributed by atoms with van der Waals surface area (Å²) < 4.78 is 0. The van der Waals surface area contributed by atoms with Gasteiger partial charge in [0, 0.05) is 31.9 Å². The van der Waals surface area contributed by atoms with Crippen molar-refractivity contribution in [3.63, 3.8) is 0 Å². The minimum atomic E-state index is -0.132. The van der Waals surface area contributed by atoms with Crippen molar-refractivity contribution in [2.45, 2.75) is 12.8 Å². The molecule has 0 fully saturated rings. The second-order valence-electron chi connectivity index (χ2n) is 4.02. The van der Waals surface area contributed by atoms with Gasteiger partial charge in [0.05, 0.1) is 4.88 Å². The maximum Gasteiger partial charge on any atom is 0.261 e. The molecule has 0 aliphatic rings. The highest BCUT2D eigenvalue weighted by atomic mass is 32.2. The quantitative estimate of drug-likeness (QED) is 0.565. The van der Waals surface area contributed by atoms with Crippen LogP contribution >= 0.6 is 23.1 Å². The fraction of sp³-hybridized carbons (Fsp3) is 0.538. The highest BCUT2D eigenvalue weighted by Crippen LogP contribution is 2.07. The van der Waals surface area contributed by atoms with Gasteiger partial charge in [0.15, 0.2) is 0 Å². The third-order valence-corrected chi connectivity index (χ3v) is 4.34. The second-order valence-corrected chi connectivity index (χ2v) is 6.20. The van der Waals surface area contributed by atoms with Gasteiger partial charge < -0.3 is 15.7 Å². The highest BCUT2D eigenvalue weighted by Gasteiger charge is 2.06. The summed E-state index contributed by atoms with van der Waals surface area (Å²) in [6, 6.07) is 3.57. The summed E-state index contributed by atoms with van der Waals surface area (Å²) in [4.78, 5) is 23.7.